The van der Waals surface area contributed by atoms with Crippen LogP contribution in [0.4, 0.5) is 4.79 Å². The predicted molar refractivity (Wildman–Crippen MR) is 59.2 cm³/mol. The van der Waals surface area contributed by atoms with Crippen LogP contribution in [0.15, 0.2) is 0 Å². The first-order valence-corrected chi connectivity index (χ1v) is 5.47. The molecule has 7 heteroatoms. The highest BCUT2D eigenvalue weighted by molar-refractivity contribution is 5.81. The fourth-order valence-electron chi connectivity index (χ4n) is 1.55. The van der Waals surface area contributed by atoms with E-state index in [-0.39, 0.29) is 19.0 Å². The Morgan fingerprint density at radius 1 is 1.47 bits per heavy atom. The highest BCUT2D eigenvalue weighted by Gasteiger charge is 2.34. The molecular formula is C10H17N3O4. The zero-order valence-electron chi connectivity index (χ0n) is 9.68. The second kappa shape index (κ2) is 5.51. The van der Waals surface area contributed by atoms with Gasteiger partial charge < -0.3 is 21.1 Å². The lowest BCUT2D eigenvalue weighted by atomic mass is 10.2. The van der Waals surface area contributed by atoms with E-state index in [2.05, 4.69) is 5.32 Å². The summed E-state index contributed by atoms with van der Waals surface area (Å²) in [7, 11) is 0. The van der Waals surface area contributed by atoms with Crippen molar-refractivity contribution in [2.45, 2.75) is 38.3 Å². The van der Waals surface area contributed by atoms with Crippen molar-refractivity contribution in [1.29, 1.82) is 0 Å². The molecule has 0 saturated heterocycles. The molecule has 0 aromatic carbocycles. The van der Waals surface area contributed by atoms with Crippen LogP contribution in [0, 0.1) is 0 Å². The summed E-state index contributed by atoms with van der Waals surface area (Å²) < 4.78 is 0. The smallest absolute Gasteiger partial charge is 0.323 e. The normalized spacial score (nSPS) is 16.1. The minimum atomic E-state index is -1.05. The number of aliphatic carboxylic acids is 1. The summed E-state index contributed by atoms with van der Waals surface area (Å²) in [5.41, 5.74) is 5.00. The van der Waals surface area contributed by atoms with Crippen molar-refractivity contribution in [1.82, 2.24) is 10.2 Å². The number of nitrogens with one attached hydrogen (secondary N) is 1. The Balaban J connectivity index is 2.47. The summed E-state index contributed by atoms with van der Waals surface area (Å²) in [5, 5.41) is 11.3. The first-order chi connectivity index (χ1) is 7.90. The molecule has 0 spiro atoms. The van der Waals surface area contributed by atoms with Gasteiger partial charge in [-0.25, -0.2) is 4.79 Å². The molecular weight excluding hydrogens is 226 g/mol. The number of primary amides is 1. The Bertz CT molecular complexity index is 328. The quantitative estimate of drug-likeness (QED) is 0.584. The van der Waals surface area contributed by atoms with Gasteiger partial charge in [-0.1, -0.05) is 0 Å². The first-order valence-electron chi connectivity index (χ1n) is 5.47. The molecule has 0 heterocycles. The predicted octanol–water partition coefficient (Wildman–Crippen LogP) is -0.491. The third-order valence-corrected chi connectivity index (χ3v) is 2.43. The zero-order chi connectivity index (χ0) is 13.0. The molecule has 1 atom stereocenters. The van der Waals surface area contributed by atoms with Crippen molar-refractivity contribution < 1.29 is 19.5 Å². The zero-order valence-corrected chi connectivity index (χ0v) is 9.68. The molecule has 1 aliphatic rings. The molecule has 4 N–H and O–H groups in total. The van der Waals surface area contributed by atoms with Crippen LogP contribution in [-0.2, 0) is 9.59 Å². The molecule has 1 fully saturated rings. The van der Waals surface area contributed by atoms with Crippen LogP contribution >= 0.6 is 0 Å². The van der Waals surface area contributed by atoms with Gasteiger partial charge in [0, 0.05) is 18.5 Å². The summed E-state index contributed by atoms with van der Waals surface area (Å²) in [6.45, 7) is 1.33. The van der Waals surface area contributed by atoms with Gasteiger partial charge in [0.05, 0.1) is 0 Å². The van der Waals surface area contributed by atoms with Gasteiger partial charge in [0.2, 0.25) is 5.91 Å². The third-order valence-electron chi connectivity index (χ3n) is 2.43. The Morgan fingerprint density at radius 3 is 2.47 bits per heavy atom. The largest absolute Gasteiger partial charge is 0.480 e. The molecule has 3 amide bonds. The minimum absolute atomic E-state index is 0.00637. The van der Waals surface area contributed by atoms with Gasteiger partial charge in [0.25, 0.3) is 0 Å². The van der Waals surface area contributed by atoms with Crippen LogP contribution in [0.25, 0.3) is 0 Å². The fraction of sp³-hybridized carbons (Fsp3) is 0.700. The van der Waals surface area contributed by atoms with E-state index in [0.717, 1.165) is 12.8 Å². The van der Waals surface area contributed by atoms with Crippen molar-refractivity contribution >= 4 is 17.9 Å². The number of carboxylic acid groups (broad SMARTS) is 1. The Hall–Kier alpha value is -1.79. The lowest BCUT2D eigenvalue weighted by Gasteiger charge is -2.23. The van der Waals surface area contributed by atoms with Crippen LogP contribution in [0.5, 0.6) is 0 Å². The lowest BCUT2D eigenvalue weighted by molar-refractivity contribution is -0.137. The van der Waals surface area contributed by atoms with Crippen LogP contribution in [0.3, 0.4) is 0 Å². The van der Waals surface area contributed by atoms with Crippen molar-refractivity contribution in [3.63, 3.8) is 0 Å². The van der Waals surface area contributed by atoms with Gasteiger partial charge >= 0.3 is 12.0 Å². The Morgan fingerprint density at radius 2 is 2.06 bits per heavy atom. The highest BCUT2D eigenvalue weighted by Crippen LogP contribution is 2.26. The minimum Gasteiger partial charge on any atom is -0.480 e. The van der Waals surface area contributed by atoms with Crippen molar-refractivity contribution in [3.8, 4) is 0 Å². The van der Waals surface area contributed by atoms with E-state index in [1.165, 1.54) is 4.90 Å². The second-order valence-electron chi connectivity index (χ2n) is 4.27. The van der Waals surface area contributed by atoms with Gasteiger partial charge in [-0.05, 0) is 19.8 Å². The van der Waals surface area contributed by atoms with E-state index >= 15 is 0 Å². The number of carbonyl (C=O) groups excluding carboxylic acids is 2. The molecule has 1 rings (SSSR count). The molecule has 7 nitrogen and oxygen atoms in total. The van der Waals surface area contributed by atoms with Crippen molar-refractivity contribution in [2.75, 3.05) is 6.54 Å². The third kappa shape index (κ3) is 4.71. The Labute approximate surface area is 98.9 Å². The number of nitrogens with two attached hydrogens (primary N) is 1. The Kier molecular flexibility index (Phi) is 4.30. The number of amides is 3. The number of hydrogen-bond donors (Lipinski definition) is 3. The average molecular weight is 243 g/mol. The lowest BCUT2D eigenvalue weighted by Crippen LogP contribution is -2.47. The molecule has 1 aliphatic carbocycles. The van der Waals surface area contributed by atoms with Crippen LogP contribution in [-0.4, -0.2) is 46.5 Å². The second-order valence-corrected chi connectivity index (χ2v) is 4.27. The van der Waals surface area contributed by atoms with Crippen LogP contribution in [0.2, 0.25) is 0 Å². The molecule has 1 saturated carbocycles. The maximum Gasteiger partial charge on any atom is 0.323 e. The molecule has 0 aromatic heterocycles. The SMILES string of the molecule is CC(CC(N)=O)NC(=O)N(CC(=O)O)C1CC1. The van der Waals surface area contributed by atoms with E-state index in [4.69, 9.17) is 10.8 Å². The van der Waals surface area contributed by atoms with E-state index < -0.39 is 23.9 Å². The number of carbonyl (C=O) groups is 3. The molecule has 17 heavy (non-hydrogen) atoms. The van der Waals surface area contributed by atoms with Crippen LogP contribution < -0.4 is 11.1 Å². The van der Waals surface area contributed by atoms with Gasteiger partial charge in [0.15, 0.2) is 0 Å². The standard InChI is InChI=1S/C10H17N3O4/c1-6(4-8(11)14)12-10(17)13(5-9(15)16)7-2-3-7/h6-7H,2-5H2,1H3,(H2,11,14)(H,12,17)(H,15,16). The van der Waals surface area contributed by atoms with E-state index in [1.807, 2.05) is 0 Å². The first kappa shape index (κ1) is 13.3. The number of rotatable bonds is 6. The van der Waals surface area contributed by atoms with Gasteiger partial charge in [-0.2, -0.15) is 0 Å². The van der Waals surface area contributed by atoms with Crippen molar-refractivity contribution in [3.05, 3.63) is 0 Å². The number of urea groups is 1. The van der Waals surface area contributed by atoms with E-state index in [1.54, 1.807) is 6.92 Å². The topological polar surface area (TPSA) is 113 Å². The summed E-state index contributed by atoms with van der Waals surface area (Å²) in [6.07, 6.45) is 1.69. The van der Waals surface area contributed by atoms with Crippen molar-refractivity contribution in [2.24, 2.45) is 5.73 Å². The average Bonchev–Trinajstić information content (AvgIpc) is 2.94. The molecule has 0 radical (unpaired) electrons. The summed E-state index contributed by atoms with van der Waals surface area (Å²) in [5.74, 6) is -1.55. The van der Waals surface area contributed by atoms with Gasteiger partial charge in [-0.15, -0.1) is 0 Å². The summed E-state index contributed by atoms with van der Waals surface area (Å²) >= 11 is 0. The van der Waals surface area contributed by atoms with Gasteiger partial charge in [-0.3, -0.25) is 9.59 Å². The summed E-state index contributed by atoms with van der Waals surface area (Å²) in [4.78, 5) is 34.3. The number of hydrogen-bond acceptors (Lipinski definition) is 3. The van der Waals surface area contributed by atoms with E-state index in [9.17, 15) is 14.4 Å². The molecule has 0 aromatic rings. The number of carboxylic acids is 1. The van der Waals surface area contributed by atoms with Crippen LogP contribution in [0.1, 0.15) is 26.2 Å². The fourth-order valence-corrected chi connectivity index (χ4v) is 1.55. The molecule has 1 unspecified atom stereocenters. The maximum absolute atomic E-state index is 11.8. The highest BCUT2D eigenvalue weighted by atomic mass is 16.4. The molecule has 96 valence electrons. The molecule has 0 aliphatic heterocycles. The number of nitrogens with zero attached hydrogens (tertiary/aromatic N) is 1. The maximum atomic E-state index is 11.8. The molecule has 0 bridgehead atoms. The van der Waals surface area contributed by atoms with E-state index in [0.29, 0.717) is 0 Å². The van der Waals surface area contributed by atoms with Gasteiger partial charge in [0.1, 0.15) is 6.54 Å². The summed E-state index contributed by atoms with van der Waals surface area (Å²) in [6, 6.07) is -0.842. The monoisotopic (exact) mass is 243 g/mol.